The van der Waals surface area contributed by atoms with Crippen LogP contribution >= 0.6 is 0 Å². The van der Waals surface area contributed by atoms with Crippen LogP contribution in [0.1, 0.15) is 19.5 Å². The Morgan fingerprint density at radius 1 is 1.21 bits per heavy atom. The fourth-order valence-corrected chi connectivity index (χ4v) is 2.22. The molecule has 0 aromatic carbocycles. The van der Waals surface area contributed by atoms with Crippen LogP contribution in [0.2, 0.25) is 0 Å². The second-order valence-electron chi connectivity index (χ2n) is 6.48. The summed E-state index contributed by atoms with van der Waals surface area (Å²) in [6, 6.07) is -3.38. The van der Waals surface area contributed by atoms with Crippen LogP contribution in [0.5, 0.6) is 0 Å². The molecule has 1 heterocycles. The van der Waals surface area contributed by atoms with Crippen molar-refractivity contribution in [3.8, 4) is 0 Å². The van der Waals surface area contributed by atoms with Gasteiger partial charge in [-0.2, -0.15) is 0 Å². The van der Waals surface area contributed by atoms with Crippen LogP contribution < -0.4 is 21.7 Å². The van der Waals surface area contributed by atoms with Crippen LogP contribution in [-0.2, 0) is 25.6 Å². The Morgan fingerprint density at radius 3 is 2.39 bits per heavy atom. The number of aliphatic hydroxyl groups is 1. The number of aliphatic hydroxyl groups excluding tert-OH is 1. The highest BCUT2D eigenvalue weighted by molar-refractivity contribution is 5.92. The average molecular weight is 398 g/mol. The highest BCUT2D eigenvalue weighted by atomic mass is 16.4. The number of H-pyrrole nitrogens is 1. The predicted octanol–water partition coefficient (Wildman–Crippen LogP) is -2.90. The van der Waals surface area contributed by atoms with E-state index in [4.69, 9.17) is 15.9 Å². The number of hydrogen-bond acceptors (Lipinski definition) is 7. The Labute approximate surface area is 161 Å². The summed E-state index contributed by atoms with van der Waals surface area (Å²) in [7, 11) is 0. The second kappa shape index (κ2) is 11.0. The van der Waals surface area contributed by atoms with Crippen molar-refractivity contribution in [2.45, 2.75) is 38.4 Å². The van der Waals surface area contributed by atoms with E-state index in [1.807, 2.05) is 0 Å². The molecule has 3 atom stereocenters. The molecule has 0 saturated heterocycles. The fourth-order valence-electron chi connectivity index (χ4n) is 2.22. The molecule has 3 amide bonds. The van der Waals surface area contributed by atoms with E-state index in [1.54, 1.807) is 13.8 Å². The third-order valence-electron chi connectivity index (χ3n) is 3.82. The first-order chi connectivity index (χ1) is 13.1. The van der Waals surface area contributed by atoms with Gasteiger partial charge in [0, 0.05) is 18.3 Å². The number of nitrogens with two attached hydrogens (primary N) is 1. The van der Waals surface area contributed by atoms with E-state index in [0.29, 0.717) is 5.69 Å². The van der Waals surface area contributed by atoms with Gasteiger partial charge in [0.25, 0.3) is 0 Å². The predicted molar refractivity (Wildman–Crippen MR) is 96.7 cm³/mol. The van der Waals surface area contributed by atoms with Crippen molar-refractivity contribution in [3.63, 3.8) is 0 Å². The second-order valence-corrected chi connectivity index (χ2v) is 6.48. The molecule has 0 fully saturated rings. The van der Waals surface area contributed by atoms with Crippen LogP contribution in [0, 0.1) is 5.92 Å². The number of aliphatic carboxylic acids is 1. The Kier molecular flexibility index (Phi) is 9.05. The summed E-state index contributed by atoms with van der Waals surface area (Å²) in [4.78, 5) is 54.0. The van der Waals surface area contributed by atoms with Gasteiger partial charge in [-0.05, 0) is 5.92 Å². The minimum Gasteiger partial charge on any atom is -0.480 e. The SMILES string of the molecule is CC(C)C(NC(=O)CNC(=O)C(Cc1cnc[nH]1)NC(=O)C(N)CO)C(=O)O. The minimum absolute atomic E-state index is 0.0427. The molecule has 0 aliphatic rings. The topological polar surface area (TPSA) is 200 Å². The molecule has 0 bridgehead atoms. The summed E-state index contributed by atoms with van der Waals surface area (Å²) < 4.78 is 0. The molecular formula is C16H26N6O6. The zero-order chi connectivity index (χ0) is 21.3. The Morgan fingerprint density at radius 2 is 1.89 bits per heavy atom. The van der Waals surface area contributed by atoms with Crippen LogP contribution in [0.3, 0.4) is 0 Å². The molecular weight excluding hydrogens is 372 g/mol. The van der Waals surface area contributed by atoms with Gasteiger partial charge in [-0.1, -0.05) is 13.8 Å². The molecule has 28 heavy (non-hydrogen) atoms. The van der Waals surface area contributed by atoms with Gasteiger partial charge in [0.2, 0.25) is 17.7 Å². The van der Waals surface area contributed by atoms with Crippen molar-refractivity contribution in [2.75, 3.05) is 13.2 Å². The van der Waals surface area contributed by atoms with E-state index in [0.717, 1.165) is 0 Å². The molecule has 12 heteroatoms. The quantitative estimate of drug-likeness (QED) is 0.206. The highest BCUT2D eigenvalue weighted by Crippen LogP contribution is 2.02. The van der Waals surface area contributed by atoms with Gasteiger partial charge < -0.3 is 36.9 Å². The lowest BCUT2D eigenvalue weighted by molar-refractivity contribution is -0.143. The molecule has 8 N–H and O–H groups in total. The Bertz CT molecular complexity index is 677. The summed E-state index contributed by atoms with van der Waals surface area (Å²) in [6.07, 6.45) is 2.91. The van der Waals surface area contributed by atoms with Gasteiger partial charge in [-0.15, -0.1) is 0 Å². The number of carboxylic acids is 1. The standard InChI is InChI=1S/C16H26N6O6/c1-8(2)13(16(27)28)22-12(24)5-19-15(26)11(3-9-4-18-7-20-9)21-14(25)10(17)6-23/h4,7-8,10-11,13,23H,3,5-6,17H2,1-2H3,(H,18,20)(H,19,26)(H,21,25)(H,22,24)(H,27,28). The van der Waals surface area contributed by atoms with E-state index in [-0.39, 0.29) is 12.3 Å². The van der Waals surface area contributed by atoms with E-state index >= 15 is 0 Å². The maximum atomic E-state index is 12.4. The van der Waals surface area contributed by atoms with E-state index in [2.05, 4.69) is 25.9 Å². The number of aromatic amines is 1. The lowest BCUT2D eigenvalue weighted by Crippen LogP contribution is -2.55. The van der Waals surface area contributed by atoms with E-state index in [9.17, 15) is 19.2 Å². The van der Waals surface area contributed by atoms with Crippen molar-refractivity contribution in [3.05, 3.63) is 18.2 Å². The number of carboxylic acid groups (broad SMARTS) is 1. The molecule has 1 rings (SSSR count). The maximum absolute atomic E-state index is 12.4. The molecule has 3 unspecified atom stereocenters. The summed E-state index contributed by atoms with van der Waals surface area (Å²) >= 11 is 0. The number of carbonyl (C=O) groups is 4. The molecule has 12 nitrogen and oxygen atoms in total. The summed E-state index contributed by atoms with van der Waals surface area (Å²) in [5, 5.41) is 25.1. The normalized spacial score (nSPS) is 14.0. The number of imidazole rings is 1. The van der Waals surface area contributed by atoms with Crippen molar-refractivity contribution < 1.29 is 29.4 Å². The summed E-state index contributed by atoms with van der Waals surface area (Å²) in [5.74, 6) is -3.63. The first-order valence-electron chi connectivity index (χ1n) is 8.59. The summed E-state index contributed by atoms with van der Waals surface area (Å²) in [6.45, 7) is 2.20. The number of rotatable bonds is 11. The molecule has 0 radical (unpaired) electrons. The number of carbonyl (C=O) groups excluding carboxylic acids is 3. The number of amides is 3. The summed E-state index contributed by atoms with van der Waals surface area (Å²) in [5.41, 5.74) is 5.99. The molecule has 1 aromatic rings. The van der Waals surface area contributed by atoms with Crippen LogP contribution in [-0.4, -0.2) is 75.1 Å². The van der Waals surface area contributed by atoms with Gasteiger partial charge in [-0.25, -0.2) is 9.78 Å². The molecule has 0 spiro atoms. The molecule has 156 valence electrons. The zero-order valence-corrected chi connectivity index (χ0v) is 15.6. The highest BCUT2D eigenvalue weighted by Gasteiger charge is 2.26. The Balaban J connectivity index is 2.70. The van der Waals surface area contributed by atoms with Crippen molar-refractivity contribution in [1.29, 1.82) is 0 Å². The van der Waals surface area contributed by atoms with Crippen LogP contribution in [0.4, 0.5) is 0 Å². The number of nitrogens with zero attached hydrogens (tertiary/aromatic N) is 1. The maximum Gasteiger partial charge on any atom is 0.326 e. The van der Waals surface area contributed by atoms with Crippen LogP contribution in [0.15, 0.2) is 12.5 Å². The Hall–Kier alpha value is -2.99. The minimum atomic E-state index is -1.21. The van der Waals surface area contributed by atoms with Crippen LogP contribution in [0.25, 0.3) is 0 Å². The van der Waals surface area contributed by atoms with Crippen molar-refractivity contribution >= 4 is 23.7 Å². The third-order valence-corrected chi connectivity index (χ3v) is 3.82. The third kappa shape index (κ3) is 7.32. The first kappa shape index (κ1) is 23.0. The van der Waals surface area contributed by atoms with Gasteiger partial charge in [-0.3, -0.25) is 14.4 Å². The molecule has 0 saturated carbocycles. The molecule has 1 aromatic heterocycles. The van der Waals surface area contributed by atoms with Gasteiger partial charge >= 0.3 is 5.97 Å². The van der Waals surface area contributed by atoms with Crippen molar-refractivity contribution in [1.82, 2.24) is 25.9 Å². The van der Waals surface area contributed by atoms with Gasteiger partial charge in [0.1, 0.15) is 18.1 Å². The largest absolute Gasteiger partial charge is 0.480 e. The molecule has 0 aliphatic heterocycles. The smallest absolute Gasteiger partial charge is 0.326 e. The lowest BCUT2D eigenvalue weighted by Gasteiger charge is -2.21. The van der Waals surface area contributed by atoms with Gasteiger partial charge in [0.05, 0.1) is 19.5 Å². The monoisotopic (exact) mass is 398 g/mol. The fraction of sp³-hybridized carbons (Fsp3) is 0.562. The van der Waals surface area contributed by atoms with E-state index < -0.39 is 55.0 Å². The number of aromatic nitrogens is 2. The molecule has 0 aliphatic carbocycles. The lowest BCUT2D eigenvalue weighted by atomic mass is 10.0. The number of nitrogens with one attached hydrogen (secondary N) is 4. The van der Waals surface area contributed by atoms with Crippen molar-refractivity contribution in [2.24, 2.45) is 11.7 Å². The first-order valence-corrected chi connectivity index (χ1v) is 8.59. The van der Waals surface area contributed by atoms with E-state index in [1.165, 1.54) is 12.5 Å². The average Bonchev–Trinajstić information content (AvgIpc) is 3.15. The number of hydrogen-bond donors (Lipinski definition) is 7. The zero-order valence-electron chi connectivity index (χ0n) is 15.6. The van der Waals surface area contributed by atoms with Gasteiger partial charge in [0.15, 0.2) is 0 Å².